The van der Waals surface area contributed by atoms with Crippen molar-refractivity contribution in [2.45, 2.75) is 6.92 Å². The number of hydrogen-bond acceptors (Lipinski definition) is 2. The number of esters is 1. The van der Waals surface area contributed by atoms with Crippen LogP contribution in [0.15, 0.2) is 36.5 Å². The van der Waals surface area contributed by atoms with Crippen molar-refractivity contribution in [2.75, 3.05) is 7.11 Å². The highest BCUT2D eigenvalue weighted by Gasteiger charge is 2.13. The molecule has 1 aromatic carbocycles. The van der Waals surface area contributed by atoms with Gasteiger partial charge in [-0.25, -0.2) is 4.79 Å². The number of carbonyl (C=O) groups excluding carboxylic acids is 1. The minimum absolute atomic E-state index is 0.313. The van der Waals surface area contributed by atoms with Gasteiger partial charge in [0.2, 0.25) is 0 Å². The smallest absolute Gasteiger partial charge is 0.354 e. The molecule has 0 N–H and O–H groups in total. The van der Waals surface area contributed by atoms with Crippen molar-refractivity contribution in [3.63, 3.8) is 0 Å². The zero-order valence-electron chi connectivity index (χ0n) is 10.2. The van der Waals surface area contributed by atoms with Gasteiger partial charge in [-0.1, -0.05) is 24.3 Å². The van der Waals surface area contributed by atoms with Crippen molar-refractivity contribution in [3.05, 3.63) is 47.8 Å². The van der Waals surface area contributed by atoms with E-state index in [0.29, 0.717) is 5.69 Å². The molecule has 0 aliphatic heterocycles. The third-order valence-electron chi connectivity index (χ3n) is 2.86. The molecule has 0 saturated heterocycles. The van der Waals surface area contributed by atoms with E-state index in [2.05, 4.69) is 13.0 Å². The summed E-state index contributed by atoms with van der Waals surface area (Å²) in [6, 6.07) is 9.95. The number of methoxy groups -OCH3 is 1. The van der Waals surface area contributed by atoms with Gasteiger partial charge in [-0.3, -0.25) is 0 Å². The average Bonchev–Trinajstić information content (AvgIpc) is 2.71. The summed E-state index contributed by atoms with van der Waals surface area (Å²) in [7, 11) is 3.23. The number of rotatable bonds is 2. The molecule has 1 aromatic heterocycles. The van der Waals surface area contributed by atoms with Gasteiger partial charge in [0.05, 0.1) is 7.11 Å². The van der Waals surface area contributed by atoms with Gasteiger partial charge in [-0.2, -0.15) is 0 Å². The van der Waals surface area contributed by atoms with Gasteiger partial charge in [0.1, 0.15) is 5.69 Å². The predicted molar refractivity (Wildman–Crippen MR) is 66.9 cm³/mol. The van der Waals surface area contributed by atoms with Crippen LogP contribution < -0.4 is 0 Å². The van der Waals surface area contributed by atoms with Crippen LogP contribution in [0.4, 0.5) is 0 Å². The maximum Gasteiger partial charge on any atom is 0.354 e. The molecule has 88 valence electrons. The van der Waals surface area contributed by atoms with E-state index in [4.69, 9.17) is 4.74 Å². The highest BCUT2D eigenvalue weighted by atomic mass is 16.5. The van der Waals surface area contributed by atoms with Crippen LogP contribution in [0.3, 0.4) is 0 Å². The summed E-state index contributed by atoms with van der Waals surface area (Å²) in [5.74, 6) is -0.313. The molecular formula is C14H15NO2. The molecule has 0 amide bonds. The Morgan fingerprint density at radius 1 is 1.29 bits per heavy atom. The van der Waals surface area contributed by atoms with Gasteiger partial charge in [0.25, 0.3) is 0 Å². The first-order valence-electron chi connectivity index (χ1n) is 5.44. The Kier molecular flexibility index (Phi) is 3.00. The Hall–Kier alpha value is -2.03. The van der Waals surface area contributed by atoms with Gasteiger partial charge in [-0.15, -0.1) is 0 Å². The van der Waals surface area contributed by atoms with Crippen molar-refractivity contribution in [3.8, 4) is 11.1 Å². The second-order valence-electron chi connectivity index (χ2n) is 4.03. The molecule has 3 heteroatoms. The number of carbonyl (C=O) groups is 1. The monoisotopic (exact) mass is 229 g/mol. The highest BCUT2D eigenvalue weighted by Crippen LogP contribution is 2.25. The normalized spacial score (nSPS) is 10.3. The lowest BCUT2D eigenvalue weighted by Crippen LogP contribution is -2.06. The van der Waals surface area contributed by atoms with Crippen LogP contribution in [-0.4, -0.2) is 17.6 Å². The molecule has 0 radical (unpaired) electrons. The summed E-state index contributed by atoms with van der Waals surface area (Å²) in [6.45, 7) is 2.06. The molecule has 0 atom stereocenters. The zero-order chi connectivity index (χ0) is 12.4. The topological polar surface area (TPSA) is 31.2 Å². The molecule has 0 fully saturated rings. The van der Waals surface area contributed by atoms with Crippen LogP contribution in [0.5, 0.6) is 0 Å². The minimum Gasteiger partial charge on any atom is -0.464 e. The summed E-state index contributed by atoms with van der Waals surface area (Å²) < 4.78 is 6.52. The SMILES string of the molecule is COC(=O)c1cc(-c2ccccc2C)cn1C. The first-order chi connectivity index (χ1) is 8.13. The molecule has 0 aliphatic carbocycles. The third kappa shape index (κ3) is 2.09. The van der Waals surface area contributed by atoms with Crippen molar-refractivity contribution >= 4 is 5.97 Å². The molecule has 0 bridgehead atoms. The Bertz CT molecular complexity index is 555. The molecule has 3 nitrogen and oxygen atoms in total. The van der Waals surface area contributed by atoms with Gasteiger partial charge >= 0.3 is 5.97 Å². The number of benzene rings is 1. The van der Waals surface area contributed by atoms with Crippen LogP contribution >= 0.6 is 0 Å². The van der Waals surface area contributed by atoms with Crippen LogP contribution in [0.1, 0.15) is 16.1 Å². The van der Waals surface area contributed by atoms with E-state index in [1.807, 2.05) is 37.5 Å². The van der Waals surface area contributed by atoms with E-state index in [9.17, 15) is 4.79 Å². The standard InChI is InChI=1S/C14H15NO2/c1-10-6-4-5-7-12(10)11-8-13(14(16)17-3)15(2)9-11/h4-9H,1-3H3. The second kappa shape index (κ2) is 4.45. The van der Waals surface area contributed by atoms with Crippen LogP contribution in [0, 0.1) is 6.92 Å². The van der Waals surface area contributed by atoms with E-state index in [0.717, 1.165) is 11.1 Å². The molecule has 2 aromatic rings. The van der Waals surface area contributed by atoms with E-state index >= 15 is 0 Å². The Morgan fingerprint density at radius 3 is 2.65 bits per heavy atom. The lowest BCUT2D eigenvalue weighted by molar-refractivity contribution is 0.0590. The number of nitrogens with zero attached hydrogens (tertiary/aromatic N) is 1. The van der Waals surface area contributed by atoms with Crippen molar-refractivity contribution in [1.82, 2.24) is 4.57 Å². The van der Waals surface area contributed by atoms with E-state index in [1.54, 1.807) is 4.57 Å². The first kappa shape index (κ1) is 11.5. The fourth-order valence-corrected chi connectivity index (χ4v) is 1.92. The third-order valence-corrected chi connectivity index (χ3v) is 2.86. The van der Waals surface area contributed by atoms with Crippen LogP contribution in [0.25, 0.3) is 11.1 Å². The fourth-order valence-electron chi connectivity index (χ4n) is 1.92. The Labute approximate surface area is 101 Å². The van der Waals surface area contributed by atoms with Gasteiger partial charge in [0, 0.05) is 18.8 Å². The maximum atomic E-state index is 11.5. The van der Waals surface area contributed by atoms with E-state index in [-0.39, 0.29) is 5.97 Å². The lowest BCUT2D eigenvalue weighted by atomic mass is 10.0. The average molecular weight is 229 g/mol. The summed E-state index contributed by atoms with van der Waals surface area (Å²) in [5.41, 5.74) is 3.92. The van der Waals surface area contributed by atoms with Crippen molar-refractivity contribution in [1.29, 1.82) is 0 Å². The minimum atomic E-state index is -0.313. The highest BCUT2D eigenvalue weighted by molar-refractivity contribution is 5.90. The molecular weight excluding hydrogens is 214 g/mol. The largest absolute Gasteiger partial charge is 0.464 e. The van der Waals surface area contributed by atoms with Crippen LogP contribution in [0.2, 0.25) is 0 Å². The number of aryl methyl sites for hydroxylation is 2. The number of hydrogen-bond donors (Lipinski definition) is 0. The molecule has 0 unspecified atom stereocenters. The lowest BCUT2D eigenvalue weighted by Gasteiger charge is -2.01. The van der Waals surface area contributed by atoms with Crippen molar-refractivity contribution < 1.29 is 9.53 Å². The second-order valence-corrected chi connectivity index (χ2v) is 4.03. The Balaban J connectivity index is 2.49. The number of ether oxygens (including phenoxy) is 1. The summed E-state index contributed by atoms with van der Waals surface area (Å²) >= 11 is 0. The summed E-state index contributed by atoms with van der Waals surface area (Å²) in [4.78, 5) is 11.5. The summed E-state index contributed by atoms with van der Waals surface area (Å²) in [5, 5.41) is 0. The fraction of sp³-hybridized carbons (Fsp3) is 0.214. The molecule has 0 saturated carbocycles. The van der Waals surface area contributed by atoms with Crippen molar-refractivity contribution in [2.24, 2.45) is 7.05 Å². The van der Waals surface area contributed by atoms with Gasteiger partial charge < -0.3 is 9.30 Å². The molecule has 17 heavy (non-hydrogen) atoms. The zero-order valence-corrected chi connectivity index (χ0v) is 10.2. The van der Waals surface area contributed by atoms with E-state index in [1.165, 1.54) is 12.7 Å². The number of aromatic nitrogens is 1. The molecule has 1 heterocycles. The van der Waals surface area contributed by atoms with Gasteiger partial charge in [0.15, 0.2) is 0 Å². The molecule has 2 rings (SSSR count). The first-order valence-corrected chi connectivity index (χ1v) is 5.44. The van der Waals surface area contributed by atoms with E-state index < -0.39 is 0 Å². The van der Waals surface area contributed by atoms with Gasteiger partial charge in [-0.05, 0) is 24.1 Å². The summed E-state index contributed by atoms with van der Waals surface area (Å²) in [6.07, 6.45) is 1.94. The van der Waals surface area contributed by atoms with Crippen LogP contribution in [-0.2, 0) is 11.8 Å². The Morgan fingerprint density at radius 2 is 2.00 bits per heavy atom. The maximum absolute atomic E-state index is 11.5. The molecule has 0 aliphatic rings. The predicted octanol–water partition coefficient (Wildman–Crippen LogP) is 2.79. The quantitative estimate of drug-likeness (QED) is 0.741. The molecule has 0 spiro atoms.